The van der Waals surface area contributed by atoms with Crippen molar-refractivity contribution in [2.75, 3.05) is 0 Å². The summed E-state index contributed by atoms with van der Waals surface area (Å²) in [5.41, 5.74) is -0.381. The van der Waals surface area contributed by atoms with Crippen molar-refractivity contribution in [3.63, 3.8) is 0 Å². The van der Waals surface area contributed by atoms with Gasteiger partial charge < -0.3 is 0 Å². The van der Waals surface area contributed by atoms with Gasteiger partial charge in [-0.25, -0.2) is 0 Å². The third-order valence-electron chi connectivity index (χ3n) is 1.65. The Kier molecular flexibility index (Phi) is 3.63. The molecule has 1 fully saturated rings. The number of nitrogens with one attached hydrogen (secondary N) is 1. The van der Waals surface area contributed by atoms with E-state index in [1.807, 2.05) is 20.8 Å². The number of hydrogen-bond acceptors (Lipinski definition) is 2. The SMILES string of the molecule is CC(C)(C)OC(=O)N[C@H]1CC[Se]C1. The quantitative estimate of drug-likeness (QED) is 0.721. The maximum absolute atomic E-state index is 11.3. The van der Waals surface area contributed by atoms with E-state index in [0.717, 1.165) is 26.7 Å². The summed E-state index contributed by atoms with van der Waals surface area (Å²) in [4.78, 5) is 11.3. The Labute approximate surface area is 85.8 Å². The second-order valence-corrected chi connectivity index (χ2v) is 6.62. The average Bonchev–Trinajstić information content (AvgIpc) is 2.34. The van der Waals surface area contributed by atoms with Crippen LogP contribution in [-0.4, -0.2) is 32.7 Å². The average molecular weight is 250 g/mol. The maximum atomic E-state index is 11.3. The van der Waals surface area contributed by atoms with Crippen LogP contribution in [0.3, 0.4) is 0 Å². The first kappa shape index (κ1) is 10.9. The molecule has 1 saturated heterocycles. The summed E-state index contributed by atoms with van der Waals surface area (Å²) in [7, 11) is 0. The molecule has 13 heavy (non-hydrogen) atoms. The number of amides is 1. The van der Waals surface area contributed by atoms with Crippen LogP contribution in [0.2, 0.25) is 10.6 Å². The molecular formula is C9H17NO2Se. The zero-order valence-corrected chi connectivity index (χ0v) is 10.1. The molecule has 1 N–H and O–H groups in total. The topological polar surface area (TPSA) is 38.3 Å². The Balaban J connectivity index is 2.24. The number of alkyl carbamates (subject to hydrolysis) is 1. The minimum atomic E-state index is -0.381. The van der Waals surface area contributed by atoms with Gasteiger partial charge in [-0.15, -0.1) is 0 Å². The third kappa shape index (κ3) is 4.53. The van der Waals surface area contributed by atoms with Gasteiger partial charge in [0.05, 0.1) is 0 Å². The van der Waals surface area contributed by atoms with E-state index in [-0.39, 0.29) is 11.7 Å². The van der Waals surface area contributed by atoms with Crippen LogP contribution in [0.25, 0.3) is 0 Å². The standard InChI is InChI=1S/C9H17NO2Se/c1-9(2,3)12-8(11)10-7-4-5-13-6-7/h7H,4-6H2,1-3H3,(H,10,11)/t7-/m0/s1. The van der Waals surface area contributed by atoms with Gasteiger partial charge in [-0.05, 0) is 0 Å². The van der Waals surface area contributed by atoms with Crippen LogP contribution < -0.4 is 5.32 Å². The third-order valence-corrected chi connectivity index (χ3v) is 4.09. The van der Waals surface area contributed by atoms with Crippen LogP contribution in [0.4, 0.5) is 4.79 Å². The van der Waals surface area contributed by atoms with E-state index in [1.54, 1.807) is 0 Å². The molecular weight excluding hydrogens is 233 g/mol. The summed E-state index contributed by atoms with van der Waals surface area (Å²) in [5, 5.41) is 5.33. The van der Waals surface area contributed by atoms with Gasteiger partial charge in [0, 0.05) is 0 Å². The molecule has 0 unspecified atom stereocenters. The number of ether oxygens (including phenoxy) is 1. The first-order valence-corrected chi connectivity index (χ1v) is 6.97. The van der Waals surface area contributed by atoms with E-state index in [1.165, 1.54) is 5.32 Å². The summed E-state index contributed by atoms with van der Waals surface area (Å²) in [6.07, 6.45) is 0.856. The van der Waals surface area contributed by atoms with Crippen molar-refractivity contribution in [2.24, 2.45) is 0 Å². The summed E-state index contributed by atoms with van der Waals surface area (Å²) in [5.74, 6) is 0. The molecule has 1 heterocycles. The molecule has 0 aromatic rings. The second-order valence-electron chi connectivity index (χ2n) is 4.21. The fourth-order valence-electron chi connectivity index (χ4n) is 1.12. The van der Waals surface area contributed by atoms with E-state index < -0.39 is 0 Å². The van der Waals surface area contributed by atoms with E-state index >= 15 is 0 Å². The van der Waals surface area contributed by atoms with E-state index in [9.17, 15) is 4.79 Å². The van der Waals surface area contributed by atoms with Gasteiger partial charge in [-0.2, -0.15) is 0 Å². The van der Waals surface area contributed by atoms with Crippen LogP contribution >= 0.6 is 0 Å². The molecule has 76 valence electrons. The number of hydrogen-bond donors (Lipinski definition) is 1. The molecule has 0 spiro atoms. The van der Waals surface area contributed by atoms with Crippen molar-refractivity contribution in [1.29, 1.82) is 0 Å². The fraction of sp³-hybridized carbons (Fsp3) is 0.889. The summed E-state index contributed by atoms with van der Waals surface area (Å²) < 4.78 is 5.16. The van der Waals surface area contributed by atoms with Crippen LogP contribution in [0.5, 0.6) is 0 Å². The minimum absolute atomic E-state index is 0.268. The van der Waals surface area contributed by atoms with Gasteiger partial charge in [-0.1, -0.05) is 0 Å². The second kappa shape index (κ2) is 4.34. The molecule has 4 heteroatoms. The van der Waals surface area contributed by atoms with Crippen molar-refractivity contribution < 1.29 is 9.53 Å². The van der Waals surface area contributed by atoms with Crippen molar-refractivity contribution >= 4 is 21.1 Å². The van der Waals surface area contributed by atoms with E-state index in [2.05, 4.69) is 5.32 Å². The molecule has 0 radical (unpaired) electrons. The summed E-state index contributed by atoms with van der Waals surface area (Å²) in [6.45, 7) is 5.64. The van der Waals surface area contributed by atoms with Crippen LogP contribution in [0.1, 0.15) is 27.2 Å². The fourth-order valence-corrected chi connectivity index (χ4v) is 3.54. The molecule has 0 saturated carbocycles. The zero-order valence-electron chi connectivity index (χ0n) is 8.42. The summed E-state index contributed by atoms with van der Waals surface area (Å²) >= 11 is 0.736. The van der Waals surface area contributed by atoms with Crippen molar-refractivity contribution in [3.05, 3.63) is 0 Å². The molecule has 0 aliphatic carbocycles. The van der Waals surface area contributed by atoms with Crippen LogP contribution in [-0.2, 0) is 4.74 Å². The molecule has 1 amide bonds. The van der Waals surface area contributed by atoms with Gasteiger partial charge >= 0.3 is 85.4 Å². The van der Waals surface area contributed by atoms with E-state index in [0.29, 0.717) is 6.04 Å². The molecule has 1 aliphatic rings. The number of carbonyl (C=O) groups excluding carboxylic acids is 1. The first-order valence-electron chi connectivity index (χ1n) is 4.54. The van der Waals surface area contributed by atoms with Crippen molar-refractivity contribution in [1.82, 2.24) is 5.32 Å². The Morgan fingerprint density at radius 2 is 2.23 bits per heavy atom. The van der Waals surface area contributed by atoms with Gasteiger partial charge in [-0.3, -0.25) is 0 Å². The number of rotatable bonds is 1. The predicted octanol–water partition coefficient (Wildman–Crippen LogP) is 1.82. The first-order chi connectivity index (χ1) is 5.97. The molecule has 3 nitrogen and oxygen atoms in total. The van der Waals surface area contributed by atoms with Crippen molar-refractivity contribution in [2.45, 2.75) is 49.5 Å². The zero-order chi connectivity index (χ0) is 9.90. The molecule has 1 atom stereocenters. The van der Waals surface area contributed by atoms with Crippen LogP contribution in [0, 0.1) is 0 Å². The molecule has 0 aromatic heterocycles. The Morgan fingerprint density at radius 3 is 2.69 bits per heavy atom. The molecule has 0 aromatic carbocycles. The Morgan fingerprint density at radius 1 is 1.54 bits per heavy atom. The number of carbonyl (C=O) groups is 1. The van der Waals surface area contributed by atoms with Crippen LogP contribution in [0.15, 0.2) is 0 Å². The Bertz CT molecular complexity index is 183. The normalized spacial score (nSPS) is 22.8. The monoisotopic (exact) mass is 251 g/mol. The van der Waals surface area contributed by atoms with Gasteiger partial charge in [0.25, 0.3) is 0 Å². The molecule has 0 bridgehead atoms. The predicted molar refractivity (Wildman–Crippen MR) is 53.1 cm³/mol. The van der Waals surface area contributed by atoms with Gasteiger partial charge in [0.15, 0.2) is 0 Å². The molecule has 1 rings (SSSR count). The molecule has 1 aliphatic heterocycles. The van der Waals surface area contributed by atoms with Crippen molar-refractivity contribution in [3.8, 4) is 0 Å². The Hall–Kier alpha value is -0.211. The van der Waals surface area contributed by atoms with Gasteiger partial charge in [0.1, 0.15) is 0 Å². The van der Waals surface area contributed by atoms with Gasteiger partial charge in [0.2, 0.25) is 0 Å². The van der Waals surface area contributed by atoms with E-state index in [4.69, 9.17) is 4.74 Å². The summed E-state index contributed by atoms with van der Waals surface area (Å²) in [6, 6.07) is 0.370.